The Morgan fingerprint density at radius 1 is 1.00 bits per heavy atom. The molecule has 2 heteroatoms. The second kappa shape index (κ2) is 3.49. The predicted molar refractivity (Wildman–Crippen MR) is 65.8 cm³/mol. The lowest BCUT2D eigenvalue weighted by Gasteiger charge is -2.04. The van der Waals surface area contributed by atoms with Gasteiger partial charge in [-0.15, -0.1) is 0 Å². The molecule has 0 atom stereocenters. The Hall–Kier alpha value is -2.09. The van der Waals surface area contributed by atoms with Crippen LogP contribution in [0.3, 0.4) is 0 Å². The Morgan fingerprint density at radius 3 is 2.75 bits per heavy atom. The molecule has 0 amide bonds. The Bertz CT molecular complexity index is 661. The van der Waals surface area contributed by atoms with Crippen molar-refractivity contribution in [1.29, 1.82) is 0 Å². The molecule has 78 valence electrons. The highest BCUT2D eigenvalue weighted by atomic mass is 16.5. The third kappa shape index (κ3) is 1.31. The maximum atomic E-state index is 5.19. The van der Waals surface area contributed by atoms with Crippen LogP contribution in [0.25, 0.3) is 21.7 Å². The smallest absolute Gasteiger partial charge is 0.121 e. The topological polar surface area (TPSA) is 22.1 Å². The lowest BCUT2D eigenvalue weighted by molar-refractivity contribution is 0.415. The summed E-state index contributed by atoms with van der Waals surface area (Å²) in [5.74, 6) is 0.843. The van der Waals surface area contributed by atoms with Gasteiger partial charge in [-0.2, -0.15) is 0 Å². The van der Waals surface area contributed by atoms with Crippen LogP contribution in [0, 0.1) is 0 Å². The summed E-state index contributed by atoms with van der Waals surface area (Å²) in [5.41, 5.74) is 0.970. The highest BCUT2D eigenvalue weighted by Crippen LogP contribution is 2.26. The summed E-state index contributed by atoms with van der Waals surface area (Å²) < 4.78 is 5.19. The minimum absolute atomic E-state index is 0.843. The second-order valence-corrected chi connectivity index (χ2v) is 3.73. The van der Waals surface area contributed by atoms with Crippen molar-refractivity contribution < 1.29 is 4.74 Å². The monoisotopic (exact) mass is 209 g/mol. The van der Waals surface area contributed by atoms with Crippen LogP contribution in [0.5, 0.6) is 5.75 Å². The van der Waals surface area contributed by atoms with Gasteiger partial charge in [-0.25, -0.2) is 0 Å². The van der Waals surface area contributed by atoms with E-state index in [1.807, 2.05) is 30.5 Å². The number of fused-ring (bicyclic) bond motifs is 3. The van der Waals surface area contributed by atoms with Crippen molar-refractivity contribution in [3.8, 4) is 5.75 Å². The largest absolute Gasteiger partial charge is 0.497 e. The van der Waals surface area contributed by atoms with Crippen molar-refractivity contribution in [3.05, 3.63) is 48.7 Å². The molecular formula is C14H11NO. The summed E-state index contributed by atoms with van der Waals surface area (Å²) in [4.78, 5) is 4.44. The van der Waals surface area contributed by atoms with Gasteiger partial charge < -0.3 is 4.74 Å². The lowest BCUT2D eigenvalue weighted by atomic mass is 10.1. The number of benzene rings is 2. The number of pyridine rings is 1. The molecule has 0 saturated heterocycles. The molecular weight excluding hydrogens is 198 g/mol. The van der Waals surface area contributed by atoms with Gasteiger partial charge in [-0.1, -0.05) is 24.3 Å². The van der Waals surface area contributed by atoms with Crippen molar-refractivity contribution in [2.75, 3.05) is 7.11 Å². The molecule has 1 heterocycles. The molecule has 3 aromatic rings. The molecule has 0 N–H and O–H groups in total. The fraction of sp³-hybridized carbons (Fsp3) is 0.0714. The van der Waals surface area contributed by atoms with Gasteiger partial charge in [0.25, 0.3) is 0 Å². The highest BCUT2D eigenvalue weighted by Gasteiger charge is 2.01. The summed E-state index contributed by atoms with van der Waals surface area (Å²) in [5, 5.41) is 3.56. The molecule has 0 bridgehead atoms. The van der Waals surface area contributed by atoms with E-state index in [1.54, 1.807) is 7.11 Å². The molecule has 0 radical (unpaired) electrons. The maximum Gasteiger partial charge on any atom is 0.121 e. The van der Waals surface area contributed by atoms with Crippen molar-refractivity contribution >= 4 is 21.7 Å². The zero-order valence-corrected chi connectivity index (χ0v) is 8.97. The molecule has 2 nitrogen and oxygen atoms in total. The quantitative estimate of drug-likeness (QED) is 0.573. The summed E-state index contributed by atoms with van der Waals surface area (Å²) in [6, 6.07) is 14.3. The number of nitrogens with zero attached hydrogens (tertiary/aromatic N) is 1. The van der Waals surface area contributed by atoms with Gasteiger partial charge in [-0.3, -0.25) is 4.98 Å². The van der Waals surface area contributed by atoms with E-state index in [0.29, 0.717) is 0 Å². The molecule has 2 aromatic carbocycles. The summed E-state index contributed by atoms with van der Waals surface area (Å²) in [6.45, 7) is 0. The number of hydrogen-bond acceptors (Lipinski definition) is 2. The lowest BCUT2D eigenvalue weighted by Crippen LogP contribution is -1.85. The van der Waals surface area contributed by atoms with Crippen LogP contribution >= 0.6 is 0 Å². The highest BCUT2D eigenvalue weighted by molar-refractivity contribution is 6.05. The van der Waals surface area contributed by atoms with E-state index in [9.17, 15) is 0 Å². The SMILES string of the molecule is COc1ccc2c(c1)ncc1ccccc12. The Kier molecular flexibility index (Phi) is 2.00. The van der Waals surface area contributed by atoms with Gasteiger partial charge in [0.15, 0.2) is 0 Å². The van der Waals surface area contributed by atoms with Crippen LogP contribution in [0.4, 0.5) is 0 Å². The van der Waals surface area contributed by atoms with Crippen molar-refractivity contribution in [2.45, 2.75) is 0 Å². The molecule has 0 saturated carbocycles. The minimum Gasteiger partial charge on any atom is -0.497 e. The first-order valence-corrected chi connectivity index (χ1v) is 5.20. The third-order valence-electron chi connectivity index (χ3n) is 2.80. The van der Waals surface area contributed by atoms with Crippen LogP contribution in [0.15, 0.2) is 48.7 Å². The van der Waals surface area contributed by atoms with E-state index in [4.69, 9.17) is 4.74 Å². The first-order valence-electron chi connectivity index (χ1n) is 5.20. The molecule has 0 unspecified atom stereocenters. The van der Waals surface area contributed by atoms with E-state index in [2.05, 4.69) is 23.2 Å². The van der Waals surface area contributed by atoms with E-state index in [-0.39, 0.29) is 0 Å². The van der Waals surface area contributed by atoms with Gasteiger partial charge >= 0.3 is 0 Å². The van der Waals surface area contributed by atoms with Crippen LogP contribution < -0.4 is 4.74 Å². The van der Waals surface area contributed by atoms with Crippen molar-refractivity contribution in [1.82, 2.24) is 4.98 Å². The molecule has 0 spiro atoms. The molecule has 16 heavy (non-hydrogen) atoms. The molecule has 0 aliphatic heterocycles. The Labute approximate surface area is 93.5 Å². The number of hydrogen-bond donors (Lipinski definition) is 0. The zero-order valence-electron chi connectivity index (χ0n) is 8.97. The van der Waals surface area contributed by atoms with Gasteiger partial charge in [0.05, 0.1) is 12.6 Å². The number of aromatic nitrogens is 1. The molecule has 0 aliphatic rings. The standard InChI is InChI=1S/C14H11NO/c1-16-11-6-7-13-12-5-3-2-4-10(12)9-15-14(13)8-11/h2-9H,1H3. The van der Waals surface area contributed by atoms with Gasteiger partial charge in [0.2, 0.25) is 0 Å². The number of ether oxygens (including phenoxy) is 1. The van der Waals surface area contributed by atoms with Crippen LogP contribution in [-0.2, 0) is 0 Å². The summed E-state index contributed by atoms with van der Waals surface area (Å²) in [6.07, 6.45) is 1.90. The average Bonchev–Trinajstić information content (AvgIpc) is 2.38. The van der Waals surface area contributed by atoms with Crippen LogP contribution in [-0.4, -0.2) is 12.1 Å². The Morgan fingerprint density at radius 2 is 1.88 bits per heavy atom. The Balaban J connectivity index is 2.43. The molecule has 0 fully saturated rings. The van der Waals surface area contributed by atoms with E-state index in [0.717, 1.165) is 11.3 Å². The molecule has 0 aliphatic carbocycles. The third-order valence-corrected chi connectivity index (χ3v) is 2.80. The fourth-order valence-corrected chi connectivity index (χ4v) is 1.97. The first kappa shape index (κ1) is 9.16. The van der Waals surface area contributed by atoms with Gasteiger partial charge in [-0.05, 0) is 17.5 Å². The van der Waals surface area contributed by atoms with Crippen LogP contribution in [0.1, 0.15) is 0 Å². The summed E-state index contributed by atoms with van der Waals surface area (Å²) >= 11 is 0. The normalized spacial score (nSPS) is 10.8. The van der Waals surface area contributed by atoms with E-state index < -0.39 is 0 Å². The molecule has 3 rings (SSSR count). The predicted octanol–water partition coefficient (Wildman–Crippen LogP) is 3.40. The molecule has 1 aromatic heterocycles. The minimum atomic E-state index is 0.843. The van der Waals surface area contributed by atoms with Crippen LogP contribution in [0.2, 0.25) is 0 Å². The fourth-order valence-electron chi connectivity index (χ4n) is 1.97. The average molecular weight is 209 g/mol. The number of methoxy groups -OCH3 is 1. The maximum absolute atomic E-state index is 5.19. The van der Waals surface area contributed by atoms with Gasteiger partial charge in [0, 0.05) is 23.0 Å². The zero-order chi connectivity index (χ0) is 11.0. The number of rotatable bonds is 1. The second-order valence-electron chi connectivity index (χ2n) is 3.73. The van der Waals surface area contributed by atoms with Crippen molar-refractivity contribution in [3.63, 3.8) is 0 Å². The van der Waals surface area contributed by atoms with Gasteiger partial charge in [0.1, 0.15) is 5.75 Å². The first-order chi connectivity index (χ1) is 7.88. The summed E-state index contributed by atoms with van der Waals surface area (Å²) in [7, 11) is 1.67. The van der Waals surface area contributed by atoms with Crippen molar-refractivity contribution in [2.24, 2.45) is 0 Å². The van der Waals surface area contributed by atoms with E-state index >= 15 is 0 Å². The van der Waals surface area contributed by atoms with E-state index in [1.165, 1.54) is 16.2 Å².